The van der Waals surface area contributed by atoms with E-state index in [-0.39, 0.29) is 6.79 Å². The van der Waals surface area contributed by atoms with Crippen LogP contribution in [0, 0.1) is 0 Å². The summed E-state index contributed by atoms with van der Waals surface area (Å²) in [4.78, 5) is 16.5. The molecule has 6 heteroatoms. The van der Waals surface area contributed by atoms with Gasteiger partial charge in [-0.3, -0.25) is 4.57 Å². The predicted molar refractivity (Wildman–Crippen MR) is 34.5 cm³/mol. The van der Waals surface area contributed by atoms with E-state index in [1.54, 1.807) is 6.92 Å². The van der Waals surface area contributed by atoms with E-state index in [1.165, 1.54) is 0 Å². The molecule has 0 spiro atoms. The zero-order valence-corrected chi connectivity index (χ0v) is 6.58. The number of hydrogen-bond acceptors (Lipinski definition) is 3. The molecule has 0 fully saturated rings. The predicted octanol–water partition coefficient (Wildman–Crippen LogP) is 0.132. The van der Waals surface area contributed by atoms with Crippen molar-refractivity contribution in [3.05, 3.63) is 0 Å². The molecule has 5 nitrogen and oxygen atoms in total. The van der Waals surface area contributed by atoms with Gasteiger partial charge < -0.3 is 19.3 Å². The minimum Gasteiger partial charge on any atom is -0.356 e. The standard InChI is InChI=1S/C4H11O5P/c1-2-8-3-9-4-10(5,6)7/h2-4H2,1H3,(H2,5,6,7). The van der Waals surface area contributed by atoms with Crippen molar-refractivity contribution in [2.45, 2.75) is 6.92 Å². The lowest BCUT2D eigenvalue weighted by Gasteiger charge is -2.04. The van der Waals surface area contributed by atoms with E-state index in [4.69, 9.17) is 9.79 Å². The van der Waals surface area contributed by atoms with E-state index >= 15 is 0 Å². The SMILES string of the molecule is CCOCOCP(=O)(O)O. The smallest absolute Gasteiger partial charge is 0.351 e. The van der Waals surface area contributed by atoms with Crippen molar-refractivity contribution >= 4 is 7.60 Å². The van der Waals surface area contributed by atoms with Crippen LogP contribution in [0.2, 0.25) is 0 Å². The summed E-state index contributed by atoms with van der Waals surface area (Å²) < 4.78 is 19.2. The normalized spacial score (nSPS) is 11.9. The fraction of sp³-hybridized carbons (Fsp3) is 1.00. The Morgan fingerprint density at radius 1 is 1.40 bits per heavy atom. The summed E-state index contributed by atoms with van der Waals surface area (Å²) in [5, 5.41) is 0. The second-order valence-electron chi connectivity index (χ2n) is 1.61. The van der Waals surface area contributed by atoms with Gasteiger partial charge >= 0.3 is 7.60 Å². The molecule has 0 aromatic carbocycles. The molecule has 0 amide bonds. The number of rotatable bonds is 5. The fourth-order valence-corrected chi connectivity index (χ4v) is 0.611. The molecule has 0 aliphatic rings. The average molecular weight is 170 g/mol. The van der Waals surface area contributed by atoms with Crippen molar-refractivity contribution in [1.82, 2.24) is 0 Å². The van der Waals surface area contributed by atoms with Gasteiger partial charge in [-0.1, -0.05) is 0 Å². The molecule has 2 N–H and O–H groups in total. The largest absolute Gasteiger partial charge is 0.356 e. The summed E-state index contributed by atoms with van der Waals surface area (Å²) in [7, 11) is -4.01. The average Bonchev–Trinajstić information content (AvgIpc) is 1.78. The topological polar surface area (TPSA) is 76.0 Å². The van der Waals surface area contributed by atoms with Crippen LogP contribution in [0.15, 0.2) is 0 Å². The Balaban J connectivity index is 3.13. The summed E-state index contributed by atoms with van der Waals surface area (Å²) in [5.41, 5.74) is 0. The molecule has 0 aromatic rings. The zero-order valence-electron chi connectivity index (χ0n) is 5.69. The first kappa shape index (κ1) is 10.1. The molecule has 0 unspecified atom stereocenters. The van der Waals surface area contributed by atoms with Crippen LogP contribution in [0.3, 0.4) is 0 Å². The highest BCUT2D eigenvalue weighted by Crippen LogP contribution is 2.33. The van der Waals surface area contributed by atoms with Crippen molar-refractivity contribution in [3.8, 4) is 0 Å². The van der Waals surface area contributed by atoms with E-state index in [9.17, 15) is 4.57 Å². The Morgan fingerprint density at radius 3 is 2.40 bits per heavy atom. The van der Waals surface area contributed by atoms with Gasteiger partial charge in [-0.15, -0.1) is 0 Å². The minimum absolute atomic E-state index is 0.0678. The summed E-state index contributed by atoms with van der Waals surface area (Å²) in [6.45, 7) is 2.17. The van der Waals surface area contributed by atoms with E-state index < -0.39 is 13.9 Å². The van der Waals surface area contributed by atoms with Crippen molar-refractivity contribution in [1.29, 1.82) is 0 Å². The fourth-order valence-electron chi connectivity index (χ4n) is 0.298. The van der Waals surface area contributed by atoms with Crippen molar-refractivity contribution in [2.75, 3.05) is 19.7 Å². The Morgan fingerprint density at radius 2 is 2.00 bits per heavy atom. The van der Waals surface area contributed by atoms with Gasteiger partial charge in [0.1, 0.15) is 6.79 Å². The molecule has 0 saturated heterocycles. The maximum atomic E-state index is 10.1. The van der Waals surface area contributed by atoms with Gasteiger partial charge in [-0.25, -0.2) is 0 Å². The third-order valence-electron chi connectivity index (χ3n) is 0.630. The van der Waals surface area contributed by atoms with E-state index in [0.717, 1.165) is 0 Å². The molecular formula is C4H11O5P. The molecule has 0 heterocycles. The second-order valence-corrected chi connectivity index (χ2v) is 3.20. The highest BCUT2D eigenvalue weighted by atomic mass is 31.2. The van der Waals surface area contributed by atoms with Crippen LogP contribution in [-0.2, 0) is 14.0 Å². The lowest BCUT2D eigenvalue weighted by Crippen LogP contribution is -2.01. The van der Waals surface area contributed by atoms with Gasteiger partial charge in [0, 0.05) is 6.61 Å². The summed E-state index contributed by atoms with van der Waals surface area (Å²) in [6.07, 6.45) is -0.576. The first-order chi connectivity index (χ1) is 4.56. The highest BCUT2D eigenvalue weighted by molar-refractivity contribution is 7.51. The molecule has 0 aromatic heterocycles. The van der Waals surface area contributed by atoms with Crippen LogP contribution in [0.25, 0.3) is 0 Å². The van der Waals surface area contributed by atoms with Crippen LogP contribution in [-0.4, -0.2) is 29.5 Å². The Hall–Kier alpha value is 0.0700. The monoisotopic (exact) mass is 170 g/mol. The third kappa shape index (κ3) is 8.07. The van der Waals surface area contributed by atoms with Gasteiger partial charge in [-0.2, -0.15) is 0 Å². The molecule has 10 heavy (non-hydrogen) atoms. The van der Waals surface area contributed by atoms with Gasteiger partial charge in [0.15, 0.2) is 6.35 Å². The number of hydrogen-bond donors (Lipinski definition) is 2. The molecule has 0 rings (SSSR count). The quantitative estimate of drug-likeness (QED) is 0.348. The number of ether oxygens (including phenoxy) is 2. The molecule has 0 aliphatic heterocycles. The Kier molecular flexibility index (Phi) is 4.85. The summed E-state index contributed by atoms with van der Waals surface area (Å²) in [5.74, 6) is 0. The molecule has 0 atom stereocenters. The first-order valence-electron chi connectivity index (χ1n) is 2.76. The van der Waals surface area contributed by atoms with Gasteiger partial charge in [0.25, 0.3) is 0 Å². The van der Waals surface area contributed by atoms with Gasteiger partial charge in [0.05, 0.1) is 0 Å². The molecule has 0 saturated carbocycles. The molecule has 0 radical (unpaired) electrons. The van der Waals surface area contributed by atoms with Crippen LogP contribution in [0.4, 0.5) is 0 Å². The minimum atomic E-state index is -4.01. The van der Waals surface area contributed by atoms with Crippen molar-refractivity contribution < 1.29 is 23.8 Å². The lowest BCUT2D eigenvalue weighted by atomic mass is 10.9. The van der Waals surface area contributed by atoms with Crippen LogP contribution >= 0.6 is 7.60 Å². The van der Waals surface area contributed by atoms with Crippen LogP contribution in [0.1, 0.15) is 6.92 Å². The zero-order chi connectivity index (χ0) is 8.04. The molecule has 0 bridgehead atoms. The molecule has 0 aliphatic carbocycles. The second kappa shape index (κ2) is 4.82. The van der Waals surface area contributed by atoms with Crippen molar-refractivity contribution in [3.63, 3.8) is 0 Å². The maximum absolute atomic E-state index is 10.1. The third-order valence-corrected chi connectivity index (χ3v) is 1.15. The molecule has 62 valence electrons. The summed E-state index contributed by atoms with van der Waals surface area (Å²) in [6, 6.07) is 0. The lowest BCUT2D eigenvalue weighted by molar-refractivity contribution is -0.0369. The van der Waals surface area contributed by atoms with Gasteiger partial charge in [-0.05, 0) is 6.92 Å². The first-order valence-corrected chi connectivity index (χ1v) is 4.56. The van der Waals surface area contributed by atoms with Gasteiger partial charge in [0.2, 0.25) is 0 Å². The van der Waals surface area contributed by atoms with Crippen LogP contribution in [0.5, 0.6) is 0 Å². The van der Waals surface area contributed by atoms with E-state index in [0.29, 0.717) is 6.61 Å². The Bertz CT molecular complexity index is 119. The van der Waals surface area contributed by atoms with E-state index in [1.807, 2.05) is 0 Å². The highest BCUT2D eigenvalue weighted by Gasteiger charge is 2.11. The Labute approximate surface area is 59.1 Å². The van der Waals surface area contributed by atoms with Crippen molar-refractivity contribution in [2.24, 2.45) is 0 Å². The maximum Gasteiger partial charge on any atom is 0.351 e. The van der Waals surface area contributed by atoms with Crippen LogP contribution < -0.4 is 0 Å². The van der Waals surface area contributed by atoms with E-state index in [2.05, 4.69) is 9.47 Å². The molecular weight excluding hydrogens is 159 g/mol. The summed E-state index contributed by atoms with van der Waals surface area (Å²) >= 11 is 0.